The summed E-state index contributed by atoms with van der Waals surface area (Å²) < 4.78 is 56.1. The van der Waals surface area contributed by atoms with Crippen LogP contribution in [-0.2, 0) is 0 Å². The van der Waals surface area contributed by atoms with Crippen molar-refractivity contribution in [2.24, 2.45) is 0 Å². The zero-order valence-electron chi connectivity index (χ0n) is 10.5. The molecule has 0 N–H and O–H groups in total. The molecule has 0 unspecified atom stereocenters. The summed E-state index contributed by atoms with van der Waals surface area (Å²) in [7, 11) is 0. The summed E-state index contributed by atoms with van der Waals surface area (Å²) in [6.45, 7) is 0. The van der Waals surface area contributed by atoms with E-state index < -0.39 is 39.7 Å². The van der Waals surface area contributed by atoms with Gasteiger partial charge in [0.05, 0.1) is 10.2 Å². The van der Waals surface area contributed by atoms with Gasteiger partial charge in [-0.15, -0.1) is 0 Å². The number of hydrogen-bond donors (Lipinski definition) is 0. The highest BCUT2D eigenvalue weighted by Crippen LogP contribution is 2.28. The zero-order valence-corrected chi connectivity index (χ0v) is 11.3. The molecule has 22 heavy (non-hydrogen) atoms. The van der Waals surface area contributed by atoms with Crippen LogP contribution in [0.2, 0.25) is 0 Å². The fourth-order valence-corrected chi connectivity index (χ4v) is 3.39. The lowest BCUT2D eigenvalue weighted by molar-refractivity contribution is 0.417. The minimum atomic E-state index is -2.02. The molecule has 3 nitrogen and oxygen atoms in total. The van der Waals surface area contributed by atoms with Crippen molar-refractivity contribution in [1.29, 1.82) is 0 Å². The number of fused-ring (bicyclic) bond motifs is 4. The molecule has 0 aliphatic heterocycles. The maximum absolute atomic E-state index is 13.9. The lowest BCUT2D eigenvalue weighted by Gasteiger charge is -2.04. The quantitative estimate of drug-likeness (QED) is 0.281. The van der Waals surface area contributed by atoms with Gasteiger partial charge in [0.15, 0.2) is 28.2 Å². The predicted octanol–water partition coefficient (Wildman–Crippen LogP) is 3.62. The molecule has 0 amide bonds. The Labute approximate surface area is 123 Å². The Hall–Kier alpha value is -2.48. The van der Waals surface area contributed by atoms with Crippen molar-refractivity contribution in [3.63, 3.8) is 0 Å². The molecule has 4 aromatic rings. The third-order valence-corrected chi connectivity index (χ3v) is 4.39. The van der Waals surface area contributed by atoms with Crippen molar-refractivity contribution in [1.82, 2.24) is 9.38 Å². The average Bonchev–Trinajstić information content (AvgIpc) is 2.89. The molecule has 0 aliphatic rings. The molecule has 2 heterocycles. The van der Waals surface area contributed by atoms with Crippen LogP contribution >= 0.6 is 11.3 Å². The Kier molecular flexibility index (Phi) is 2.56. The highest BCUT2D eigenvalue weighted by Gasteiger charge is 2.25. The number of halogens is 4. The van der Waals surface area contributed by atoms with E-state index in [0.29, 0.717) is 10.2 Å². The normalized spacial score (nSPS) is 11.8. The van der Waals surface area contributed by atoms with E-state index in [-0.39, 0.29) is 4.96 Å². The first-order chi connectivity index (χ1) is 10.5. The van der Waals surface area contributed by atoms with Crippen LogP contribution in [0.4, 0.5) is 17.6 Å². The van der Waals surface area contributed by atoms with Crippen LogP contribution < -0.4 is 5.56 Å². The van der Waals surface area contributed by atoms with Gasteiger partial charge in [-0.1, -0.05) is 23.5 Å². The molecule has 8 heteroatoms. The molecule has 110 valence electrons. The molecule has 0 saturated heterocycles. The Morgan fingerprint density at radius 1 is 0.955 bits per heavy atom. The molecule has 0 bridgehead atoms. The number of hydrogen-bond acceptors (Lipinski definition) is 3. The second kappa shape index (κ2) is 4.26. The van der Waals surface area contributed by atoms with Gasteiger partial charge in [0.25, 0.3) is 5.56 Å². The van der Waals surface area contributed by atoms with Crippen LogP contribution in [0.5, 0.6) is 0 Å². The van der Waals surface area contributed by atoms with E-state index in [0.717, 1.165) is 15.7 Å². The van der Waals surface area contributed by atoms with Crippen LogP contribution in [0, 0.1) is 23.3 Å². The van der Waals surface area contributed by atoms with E-state index in [1.807, 2.05) is 0 Å². The number of aromatic nitrogens is 2. The summed E-state index contributed by atoms with van der Waals surface area (Å²) in [6.07, 6.45) is 0. The Morgan fingerprint density at radius 2 is 1.64 bits per heavy atom. The molecule has 0 fully saturated rings. The number of rotatable bonds is 0. The van der Waals surface area contributed by atoms with Crippen LogP contribution in [0.1, 0.15) is 0 Å². The standard InChI is InChI=1S/C14H4F4N2OS/c15-8-7-12(11(18)10(17)9(8)16)19-14-20(13(7)21)5-3-1-2-4-6(5)22-14/h1-4H. The summed E-state index contributed by atoms with van der Waals surface area (Å²) in [5.74, 6) is -7.42. The number of para-hydroxylation sites is 1. The SMILES string of the molecule is O=c1c2c(F)c(F)c(F)c(F)c2nc2sc3ccccc3n12. The number of nitrogens with zero attached hydrogens (tertiary/aromatic N) is 2. The molecular weight excluding hydrogens is 320 g/mol. The molecule has 0 radical (unpaired) electrons. The molecule has 0 aliphatic carbocycles. The first kappa shape index (κ1) is 13.2. The maximum Gasteiger partial charge on any atom is 0.270 e. The van der Waals surface area contributed by atoms with E-state index in [2.05, 4.69) is 4.98 Å². The minimum absolute atomic E-state index is 0.0722. The van der Waals surface area contributed by atoms with Gasteiger partial charge in [0.2, 0.25) is 0 Å². The fourth-order valence-electron chi connectivity index (χ4n) is 2.37. The number of thiazole rings is 1. The third kappa shape index (κ3) is 1.50. The summed E-state index contributed by atoms with van der Waals surface area (Å²) in [5.41, 5.74) is -1.35. The highest BCUT2D eigenvalue weighted by molar-refractivity contribution is 7.23. The zero-order chi connectivity index (χ0) is 15.6. The van der Waals surface area contributed by atoms with Crippen molar-refractivity contribution in [2.45, 2.75) is 0 Å². The third-order valence-electron chi connectivity index (χ3n) is 3.37. The molecule has 0 saturated carbocycles. The smallest absolute Gasteiger partial charge is 0.268 e. The van der Waals surface area contributed by atoms with Gasteiger partial charge >= 0.3 is 0 Å². The monoisotopic (exact) mass is 324 g/mol. The van der Waals surface area contributed by atoms with Crippen LogP contribution in [0.25, 0.3) is 26.1 Å². The van der Waals surface area contributed by atoms with Crippen LogP contribution in [-0.4, -0.2) is 9.38 Å². The lowest BCUT2D eigenvalue weighted by atomic mass is 10.2. The lowest BCUT2D eigenvalue weighted by Crippen LogP contribution is -2.17. The summed E-state index contributed by atoms with van der Waals surface area (Å²) >= 11 is 1.06. The van der Waals surface area contributed by atoms with Crippen molar-refractivity contribution in [3.8, 4) is 0 Å². The molecular formula is C14H4F4N2OS. The van der Waals surface area contributed by atoms with E-state index in [1.54, 1.807) is 24.3 Å². The summed E-state index contributed by atoms with van der Waals surface area (Å²) in [6, 6.07) is 6.69. The molecule has 2 aromatic carbocycles. The molecule has 4 rings (SSSR count). The second-order valence-electron chi connectivity index (χ2n) is 4.58. The van der Waals surface area contributed by atoms with Gasteiger partial charge in [-0.25, -0.2) is 22.5 Å². The first-order valence-electron chi connectivity index (χ1n) is 6.06. The minimum Gasteiger partial charge on any atom is -0.268 e. The fraction of sp³-hybridized carbons (Fsp3) is 0. The van der Waals surface area contributed by atoms with Gasteiger partial charge in [-0.05, 0) is 12.1 Å². The molecule has 2 aromatic heterocycles. The van der Waals surface area contributed by atoms with Crippen LogP contribution in [0.15, 0.2) is 29.1 Å². The number of benzene rings is 2. The van der Waals surface area contributed by atoms with E-state index in [1.165, 1.54) is 0 Å². The largest absolute Gasteiger partial charge is 0.270 e. The van der Waals surface area contributed by atoms with Crippen LogP contribution in [0.3, 0.4) is 0 Å². The maximum atomic E-state index is 13.9. The van der Waals surface area contributed by atoms with Gasteiger partial charge in [-0.3, -0.25) is 9.20 Å². The van der Waals surface area contributed by atoms with Crippen molar-refractivity contribution >= 4 is 37.4 Å². The van der Waals surface area contributed by atoms with Crippen molar-refractivity contribution in [2.75, 3.05) is 0 Å². The first-order valence-corrected chi connectivity index (χ1v) is 6.88. The Balaban J connectivity index is 2.38. The second-order valence-corrected chi connectivity index (χ2v) is 5.59. The topological polar surface area (TPSA) is 34.4 Å². The average molecular weight is 324 g/mol. The molecule has 0 atom stereocenters. The van der Waals surface area contributed by atoms with E-state index >= 15 is 0 Å². The van der Waals surface area contributed by atoms with Gasteiger partial charge in [0, 0.05) is 0 Å². The van der Waals surface area contributed by atoms with Gasteiger partial charge in [-0.2, -0.15) is 0 Å². The Bertz CT molecular complexity index is 1150. The summed E-state index contributed by atoms with van der Waals surface area (Å²) in [5, 5.41) is -0.905. The van der Waals surface area contributed by atoms with Gasteiger partial charge in [0.1, 0.15) is 10.9 Å². The van der Waals surface area contributed by atoms with Crippen molar-refractivity contribution in [3.05, 3.63) is 57.9 Å². The molecule has 0 spiro atoms. The highest BCUT2D eigenvalue weighted by atomic mass is 32.1. The van der Waals surface area contributed by atoms with E-state index in [4.69, 9.17) is 0 Å². The Morgan fingerprint density at radius 3 is 2.41 bits per heavy atom. The van der Waals surface area contributed by atoms with E-state index in [9.17, 15) is 22.4 Å². The summed E-state index contributed by atoms with van der Waals surface area (Å²) in [4.78, 5) is 16.3. The predicted molar refractivity (Wildman–Crippen MR) is 74.2 cm³/mol. The van der Waals surface area contributed by atoms with Crippen molar-refractivity contribution < 1.29 is 17.6 Å². The van der Waals surface area contributed by atoms with Gasteiger partial charge < -0.3 is 0 Å².